The number of hydrogen-bond acceptors (Lipinski definition) is 1. The fourth-order valence-corrected chi connectivity index (χ4v) is 2.52. The highest BCUT2D eigenvalue weighted by atomic mass is 35.5. The van der Waals surface area contributed by atoms with Crippen molar-refractivity contribution in [2.75, 3.05) is 0 Å². The molecule has 16 heavy (non-hydrogen) atoms. The van der Waals surface area contributed by atoms with Crippen molar-refractivity contribution < 1.29 is 0 Å². The molecule has 2 nitrogen and oxygen atoms in total. The Morgan fingerprint density at radius 1 is 1.44 bits per heavy atom. The number of alkyl halides is 1. The van der Waals surface area contributed by atoms with Crippen LogP contribution in [0.15, 0.2) is 24.3 Å². The SMILES string of the molecule is CC1CC1Cn1c(CCl)nc2ccccc21. The van der Waals surface area contributed by atoms with Gasteiger partial charge in [-0.3, -0.25) is 0 Å². The maximum Gasteiger partial charge on any atom is 0.124 e. The average molecular weight is 235 g/mol. The van der Waals surface area contributed by atoms with Gasteiger partial charge in [-0.25, -0.2) is 4.98 Å². The molecule has 3 heteroatoms. The van der Waals surface area contributed by atoms with Gasteiger partial charge in [0, 0.05) is 6.54 Å². The number of para-hydroxylation sites is 2. The summed E-state index contributed by atoms with van der Waals surface area (Å²) in [5.74, 6) is 3.18. The van der Waals surface area contributed by atoms with Crippen LogP contribution >= 0.6 is 11.6 Å². The van der Waals surface area contributed by atoms with Gasteiger partial charge in [0.15, 0.2) is 0 Å². The molecule has 1 heterocycles. The van der Waals surface area contributed by atoms with Crippen LogP contribution in [0.2, 0.25) is 0 Å². The molecule has 1 aromatic carbocycles. The van der Waals surface area contributed by atoms with Crippen LogP contribution in [0.4, 0.5) is 0 Å². The summed E-state index contributed by atoms with van der Waals surface area (Å²) < 4.78 is 2.29. The van der Waals surface area contributed by atoms with E-state index < -0.39 is 0 Å². The second-order valence-corrected chi connectivity index (χ2v) is 5.00. The molecule has 1 saturated carbocycles. The van der Waals surface area contributed by atoms with Crippen molar-refractivity contribution in [1.29, 1.82) is 0 Å². The van der Waals surface area contributed by atoms with E-state index in [1.807, 2.05) is 6.07 Å². The molecule has 1 aliphatic rings. The van der Waals surface area contributed by atoms with Gasteiger partial charge in [-0.15, -0.1) is 11.6 Å². The largest absolute Gasteiger partial charge is 0.327 e. The summed E-state index contributed by atoms with van der Waals surface area (Å²) in [6.07, 6.45) is 1.34. The Morgan fingerprint density at radius 2 is 2.19 bits per heavy atom. The molecule has 0 saturated heterocycles. The molecule has 84 valence electrons. The van der Waals surface area contributed by atoms with Gasteiger partial charge in [-0.05, 0) is 30.4 Å². The molecule has 1 aromatic heterocycles. The van der Waals surface area contributed by atoms with Gasteiger partial charge in [0.05, 0.1) is 16.9 Å². The van der Waals surface area contributed by atoms with Gasteiger partial charge in [-0.1, -0.05) is 19.1 Å². The molecule has 0 radical (unpaired) electrons. The molecule has 0 amide bonds. The number of imidazole rings is 1. The summed E-state index contributed by atoms with van der Waals surface area (Å²) in [7, 11) is 0. The van der Waals surface area contributed by atoms with E-state index in [0.717, 1.165) is 29.7 Å². The highest BCUT2D eigenvalue weighted by Crippen LogP contribution is 2.39. The molecule has 2 unspecified atom stereocenters. The van der Waals surface area contributed by atoms with Crippen molar-refractivity contribution in [2.45, 2.75) is 25.8 Å². The lowest BCUT2D eigenvalue weighted by Crippen LogP contribution is -2.04. The van der Waals surface area contributed by atoms with Gasteiger partial charge in [-0.2, -0.15) is 0 Å². The second-order valence-electron chi connectivity index (χ2n) is 4.73. The van der Waals surface area contributed by atoms with Crippen LogP contribution in [0.5, 0.6) is 0 Å². The number of fused-ring (bicyclic) bond motifs is 1. The van der Waals surface area contributed by atoms with Crippen molar-refractivity contribution in [3.63, 3.8) is 0 Å². The van der Waals surface area contributed by atoms with Crippen LogP contribution in [0.1, 0.15) is 19.2 Å². The molecule has 1 fully saturated rings. The Balaban J connectivity index is 2.05. The summed E-state index contributed by atoms with van der Waals surface area (Å²) in [5.41, 5.74) is 2.28. The van der Waals surface area contributed by atoms with E-state index in [0.29, 0.717) is 5.88 Å². The van der Waals surface area contributed by atoms with Crippen LogP contribution < -0.4 is 0 Å². The first-order valence-electron chi connectivity index (χ1n) is 5.79. The van der Waals surface area contributed by atoms with Crippen molar-refractivity contribution in [3.8, 4) is 0 Å². The third-order valence-electron chi connectivity index (χ3n) is 3.55. The number of nitrogens with zero attached hydrogens (tertiary/aromatic N) is 2. The standard InChI is InChI=1S/C13H15ClN2/c1-9-6-10(9)8-16-12-5-3-2-4-11(12)15-13(16)7-14/h2-5,9-10H,6-8H2,1H3. The lowest BCUT2D eigenvalue weighted by atomic mass is 10.3. The molecular weight excluding hydrogens is 220 g/mol. The lowest BCUT2D eigenvalue weighted by Gasteiger charge is -2.06. The van der Waals surface area contributed by atoms with Crippen LogP contribution in [-0.2, 0) is 12.4 Å². The second kappa shape index (κ2) is 3.77. The topological polar surface area (TPSA) is 17.8 Å². The Kier molecular flexibility index (Phi) is 2.40. The number of rotatable bonds is 3. The fourth-order valence-electron chi connectivity index (χ4n) is 2.32. The van der Waals surface area contributed by atoms with Gasteiger partial charge in [0.25, 0.3) is 0 Å². The molecule has 0 N–H and O–H groups in total. The highest BCUT2D eigenvalue weighted by Gasteiger charge is 2.33. The highest BCUT2D eigenvalue weighted by molar-refractivity contribution is 6.16. The van der Waals surface area contributed by atoms with Crippen molar-refractivity contribution in [1.82, 2.24) is 9.55 Å². The predicted octanol–water partition coefficient (Wildman–Crippen LogP) is 3.43. The van der Waals surface area contributed by atoms with E-state index in [4.69, 9.17) is 11.6 Å². The molecule has 1 aliphatic carbocycles. The minimum Gasteiger partial charge on any atom is -0.327 e. The molecule has 2 aromatic rings. The van der Waals surface area contributed by atoms with Gasteiger partial charge < -0.3 is 4.57 Å². The lowest BCUT2D eigenvalue weighted by molar-refractivity contribution is 0.591. The first-order chi connectivity index (χ1) is 7.79. The first kappa shape index (κ1) is 10.2. The average Bonchev–Trinajstić information content (AvgIpc) is 2.88. The maximum absolute atomic E-state index is 5.96. The van der Waals surface area contributed by atoms with E-state index in [1.165, 1.54) is 11.9 Å². The van der Waals surface area contributed by atoms with Crippen molar-refractivity contribution in [3.05, 3.63) is 30.1 Å². The summed E-state index contributed by atoms with van der Waals surface area (Å²) >= 11 is 5.96. The number of aromatic nitrogens is 2. The molecule has 0 spiro atoms. The van der Waals surface area contributed by atoms with E-state index in [-0.39, 0.29) is 0 Å². The van der Waals surface area contributed by atoms with E-state index in [9.17, 15) is 0 Å². The third-order valence-corrected chi connectivity index (χ3v) is 3.79. The van der Waals surface area contributed by atoms with Gasteiger partial charge in [0.2, 0.25) is 0 Å². The number of hydrogen-bond donors (Lipinski definition) is 0. The van der Waals surface area contributed by atoms with Crippen molar-refractivity contribution in [2.24, 2.45) is 11.8 Å². The zero-order valence-corrected chi connectivity index (χ0v) is 10.1. The van der Waals surface area contributed by atoms with E-state index in [1.54, 1.807) is 0 Å². The smallest absolute Gasteiger partial charge is 0.124 e. The maximum atomic E-state index is 5.96. The fraction of sp³-hybridized carbons (Fsp3) is 0.462. The van der Waals surface area contributed by atoms with Gasteiger partial charge in [0.1, 0.15) is 5.82 Å². The Morgan fingerprint density at radius 3 is 2.88 bits per heavy atom. The van der Waals surface area contributed by atoms with E-state index in [2.05, 4.69) is 34.7 Å². The summed E-state index contributed by atoms with van der Waals surface area (Å²) in [6, 6.07) is 8.27. The van der Waals surface area contributed by atoms with Crippen LogP contribution in [0.3, 0.4) is 0 Å². The quantitative estimate of drug-likeness (QED) is 0.744. The Hall–Kier alpha value is -1.02. The number of benzene rings is 1. The number of halogens is 1. The zero-order valence-electron chi connectivity index (χ0n) is 9.36. The molecule has 0 aliphatic heterocycles. The van der Waals surface area contributed by atoms with E-state index >= 15 is 0 Å². The molecule has 2 atom stereocenters. The summed E-state index contributed by atoms with van der Waals surface area (Å²) in [6.45, 7) is 3.38. The summed E-state index contributed by atoms with van der Waals surface area (Å²) in [4.78, 5) is 4.57. The minimum absolute atomic E-state index is 0.496. The van der Waals surface area contributed by atoms with Crippen molar-refractivity contribution >= 4 is 22.6 Å². The minimum atomic E-state index is 0.496. The predicted molar refractivity (Wildman–Crippen MR) is 66.6 cm³/mol. The van der Waals surface area contributed by atoms with Crippen LogP contribution in [-0.4, -0.2) is 9.55 Å². The van der Waals surface area contributed by atoms with Gasteiger partial charge >= 0.3 is 0 Å². The Bertz CT molecular complexity index is 518. The normalized spacial score (nSPS) is 23.9. The molecular formula is C13H15ClN2. The third kappa shape index (κ3) is 1.61. The van der Waals surface area contributed by atoms with Crippen LogP contribution in [0.25, 0.3) is 11.0 Å². The molecule has 0 bridgehead atoms. The monoisotopic (exact) mass is 234 g/mol. The Labute approximate surface area is 100 Å². The first-order valence-corrected chi connectivity index (χ1v) is 6.33. The van der Waals surface area contributed by atoms with Crippen LogP contribution in [0, 0.1) is 11.8 Å². The molecule has 3 rings (SSSR count). The zero-order chi connectivity index (χ0) is 11.1. The summed E-state index contributed by atoms with van der Waals surface area (Å²) in [5, 5.41) is 0.